The van der Waals surface area contributed by atoms with Crippen LogP contribution in [0.25, 0.3) is 0 Å². The first-order valence-corrected chi connectivity index (χ1v) is 5.16. The second kappa shape index (κ2) is 2.69. The Kier molecular flexibility index (Phi) is 3.34. The zero-order chi connectivity index (χ0) is 10.9. The fraction of sp³-hybridized carbons (Fsp3) is 1.00. The van der Waals surface area contributed by atoms with Gasteiger partial charge in [-0.05, 0) is 0 Å². The van der Waals surface area contributed by atoms with Crippen molar-refractivity contribution in [3.63, 3.8) is 0 Å². The van der Waals surface area contributed by atoms with E-state index in [1.54, 1.807) is 0 Å². The van der Waals surface area contributed by atoms with Crippen LogP contribution in [0.15, 0.2) is 0 Å². The third-order valence-electron chi connectivity index (χ3n) is 0. The van der Waals surface area contributed by atoms with Crippen molar-refractivity contribution in [3.05, 3.63) is 0 Å². The van der Waals surface area contributed by atoms with Crippen molar-refractivity contribution in [2.75, 3.05) is 21.1 Å². The SMILES string of the molecule is C[N+](C)(C)P.F[P-](F)(F)(F)(F)F. The molecular weight excluding hydrogens is 226 g/mol. The van der Waals surface area contributed by atoms with Gasteiger partial charge < -0.3 is 4.25 Å². The molecule has 0 spiro atoms. The Bertz CT molecular complexity index is 131. The monoisotopic (exact) mass is 237 g/mol. The average Bonchev–Trinajstić information content (AvgIpc) is 1.04. The summed E-state index contributed by atoms with van der Waals surface area (Å²) in [5, 5.41) is 0. The number of hydrogen-bond acceptors (Lipinski definition) is 0. The van der Waals surface area contributed by atoms with Gasteiger partial charge in [-0.15, -0.1) is 0 Å². The van der Waals surface area contributed by atoms with Crippen LogP contribution in [0.5, 0.6) is 0 Å². The van der Waals surface area contributed by atoms with E-state index < -0.39 is 7.81 Å². The molecule has 0 bridgehead atoms. The summed E-state index contributed by atoms with van der Waals surface area (Å²) in [6, 6.07) is 0. The van der Waals surface area contributed by atoms with Crippen molar-refractivity contribution in [1.82, 2.24) is 0 Å². The predicted octanol–water partition coefficient (Wildman–Crippen LogP) is 3.87. The molecule has 1 nitrogen and oxygen atoms in total. The quantitative estimate of drug-likeness (QED) is 0.443. The number of rotatable bonds is 0. The zero-order valence-electron chi connectivity index (χ0n) is 6.74. The Morgan fingerprint density at radius 3 is 0.833 bits per heavy atom. The van der Waals surface area contributed by atoms with Crippen molar-refractivity contribution >= 4 is 17.2 Å². The van der Waals surface area contributed by atoms with E-state index in [9.17, 15) is 25.2 Å². The molecule has 0 amide bonds. The first-order chi connectivity index (χ1) is 4.45. The number of hydrogen-bond donors (Lipinski definition) is 0. The third kappa shape index (κ3) is 5740. The van der Waals surface area contributed by atoms with Crippen molar-refractivity contribution in [3.8, 4) is 0 Å². The van der Waals surface area contributed by atoms with Crippen molar-refractivity contribution in [2.45, 2.75) is 0 Å². The predicted molar refractivity (Wildman–Crippen MR) is 41.3 cm³/mol. The van der Waals surface area contributed by atoms with Gasteiger partial charge in [-0.1, -0.05) is 0 Å². The summed E-state index contributed by atoms with van der Waals surface area (Å²) in [5.41, 5.74) is 0. The van der Waals surface area contributed by atoms with Crippen LogP contribution in [0.4, 0.5) is 25.2 Å². The second-order valence-corrected chi connectivity index (χ2v) is 6.54. The molecule has 0 aromatic heterocycles. The van der Waals surface area contributed by atoms with Gasteiger partial charge in [0.05, 0.1) is 30.5 Å². The molecule has 80 valence electrons. The summed E-state index contributed by atoms with van der Waals surface area (Å²) >= 11 is 0. The molecule has 1 unspecified atom stereocenters. The Balaban J connectivity index is 0. The second-order valence-electron chi connectivity index (χ2n) is 3.07. The van der Waals surface area contributed by atoms with E-state index in [1.165, 1.54) is 0 Å². The first kappa shape index (κ1) is 14.9. The molecule has 0 saturated heterocycles. The van der Waals surface area contributed by atoms with Gasteiger partial charge in [-0.25, -0.2) is 0 Å². The Hall–Kier alpha value is 0.400. The maximum absolute atomic E-state index is 10.7. The van der Waals surface area contributed by atoms with Crippen molar-refractivity contribution in [2.24, 2.45) is 0 Å². The Morgan fingerprint density at radius 1 is 0.833 bits per heavy atom. The fourth-order valence-corrected chi connectivity index (χ4v) is 0. The summed E-state index contributed by atoms with van der Waals surface area (Å²) in [6.07, 6.45) is 0. The van der Waals surface area contributed by atoms with Crippen LogP contribution in [0.2, 0.25) is 0 Å². The molecule has 12 heavy (non-hydrogen) atoms. The van der Waals surface area contributed by atoms with Crippen LogP contribution in [0.1, 0.15) is 0 Å². The number of nitrogens with zero attached hydrogens (tertiary/aromatic N) is 1. The van der Waals surface area contributed by atoms with Crippen LogP contribution in [-0.2, 0) is 0 Å². The van der Waals surface area contributed by atoms with E-state index in [0.717, 1.165) is 4.25 Å². The topological polar surface area (TPSA) is 0 Å². The van der Waals surface area contributed by atoms with Gasteiger partial charge in [0.15, 0.2) is 0 Å². The van der Waals surface area contributed by atoms with Crippen LogP contribution < -0.4 is 0 Å². The van der Waals surface area contributed by atoms with Crippen LogP contribution in [0.3, 0.4) is 0 Å². The molecule has 0 aliphatic carbocycles. The van der Waals surface area contributed by atoms with Crippen LogP contribution >= 0.6 is 17.2 Å². The first-order valence-electron chi connectivity index (χ1n) is 2.61. The van der Waals surface area contributed by atoms with E-state index in [1.807, 2.05) is 0 Å². The van der Waals surface area contributed by atoms with Gasteiger partial charge >= 0.3 is 33.0 Å². The van der Waals surface area contributed by atoms with Crippen LogP contribution in [-0.4, -0.2) is 25.4 Å². The molecule has 0 fully saturated rings. The van der Waals surface area contributed by atoms with E-state index in [2.05, 4.69) is 30.5 Å². The maximum atomic E-state index is 9.87. The Labute approximate surface area is 68.8 Å². The van der Waals surface area contributed by atoms with Gasteiger partial charge in [0, 0.05) is 0 Å². The molecule has 0 aromatic carbocycles. The van der Waals surface area contributed by atoms with Gasteiger partial charge in [0.1, 0.15) is 0 Å². The zero-order valence-corrected chi connectivity index (χ0v) is 8.79. The minimum atomic E-state index is -10.7. The van der Waals surface area contributed by atoms with Crippen LogP contribution in [0, 0.1) is 0 Å². The molecule has 9 heteroatoms. The number of quaternary nitrogens is 1. The summed E-state index contributed by atoms with van der Waals surface area (Å²) in [5.74, 6) is 0. The van der Waals surface area contributed by atoms with Gasteiger partial charge in [-0.3, -0.25) is 0 Å². The molecule has 0 radical (unpaired) electrons. The van der Waals surface area contributed by atoms with E-state index in [0.29, 0.717) is 0 Å². The normalized spacial score (nSPS) is 18.5. The van der Waals surface area contributed by atoms with E-state index in [-0.39, 0.29) is 0 Å². The van der Waals surface area contributed by atoms with Crippen molar-refractivity contribution < 1.29 is 29.4 Å². The molecule has 0 saturated carbocycles. The molecule has 1 atom stereocenters. The summed E-state index contributed by atoms with van der Waals surface area (Å²) in [4.78, 5) is 0. The molecule has 0 rings (SSSR count). The standard InChI is InChI=1S/C3H11NP.F6P/c1-4(2,3)5;1-7(2,3,4,5)6/h5H2,1-3H3;/q+1;-1. The minimum absolute atomic E-state index is 0.917. The molecule has 0 N–H and O–H groups in total. The molecule has 0 aliphatic rings. The molecule has 0 aliphatic heterocycles. The third-order valence-corrected chi connectivity index (χ3v) is 0. The Morgan fingerprint density at radius 2 is 0.833 bits per heavy atom. The van der Waals surface area contributed by atoms with Gasteiger partial charge in [0.2, 0.25) is 0 Å². The summed E-state index contributed by atoms with van der Waals surface area (Å²) in [7, 11) is -1.74. The molecule has 0 aromatic rings. The number of halogens is 6. The molecule has 0 heterocycles. The average molecular weight is 237 g/mol. The van der Waals surface area contributed by atoms with E-state index in [4.69, 9.17) is 0 Å². The van der Waals surface area contributed by atoms with Gasteiger partial charge in [-0.2, -0.15) is 0 Å². The fourth-order valence-electron chi connectivity index (χ4n) is 0. The molecular formula is C3H11F6NP2. The van der Waals surface area contributed by atoms with Gasteiger partial charge in [0.25, 0.3) is 0 Å². The summed E-state index contributed by atoms with van der Waals surface area (Å²) in [6.45, 7) is 0. The van der Waals surface area contributed by atoms with Crippen molar-refractivity contribution in [1.29, 1.82) is 0 Å². The van der Waals surface area contributed by atoms with E-state index >= 15 is 0 Å². The summed E-state index contributed by atoms with van der Waals surface area (Å²) < 4.78 is 60.1.